The summed E-state index contributed by atoms with van der Waals surface area (Å²) in [6, 6.07) is 4.18. The first kappa shape index (κ1) is 12.7. The van der Waals surface area contributed by atoms with Crippen LogP contribution in [0.5, 0.6) is 0 Å². The lowest BCUT2D eigenvalue weighted by Gasteiger charge is -2.26. The molecule has 0 spiro atoms. The molecule has 0 saturated carbocycles. The smallest absolute Gasteiger partial charge is 0.358 e. The summed E-state index contributed by atoms with van der Waals surface area (Å²) >= 11 is 0. The summed E-state index contributed by atoms with van der Waals surface area (Å²) in [5.74, 6) is -1.06. The summed E-state index contributed by atoms with van der Waals surface area (Å²) in [5, 5.41) is 3.45. The van der Waals surface area contributed by atoms with Gasteiger partial charge in [0, 0.05) is 18.2 Å². The SMILES string of the molecule is CN1C(=O)c2ccccc2-c2cnoc2C1C(F)(F)F. The maximum atomic E-state index is 13.2. The molecular formula is C13H9F3N2O2. The van der Waals surface area contributed by atoms with Gasteiger partial charge in [-0.25, -0.2) is 0 Å². The zero-order valence-corrected chi connectivity index (χ0v) is 10.3. The van der Waals surface area contributed by atoms with Gasteiger partial charge in [-0.3, -0.25) is 4.79 Å². The van der Waals surface area contributed by atoms with Gasteiger partial charge < -0.3 is 9.42 Å². The van der Waals surface area contributed by atoms with E-state index in [9.17, 15) is 18.0 Å². The molecule has 1 aromatic carbocycles. The Bertz CT molecular complexity index is 678. The van der Waals surface area contributed by atoms with Crippen LogP contribution in [0.1, 0.15) is 22.2 Å². The predicted octanol–water partition coefficient (Wildman–Crippen LogP) is 3.03. The molecule has 1 atom stereocenters. The van der Waals surface area contributed by atoms with Crippen molar-refractivity contribution in [1.29, 1.82) is 0 Å². The minimum atomic E-state index is -4.64. The van der Waals surface area contributed by atoms with Gasteiger partial charge in [0.2, 0.25) is 0 Å². The van der Waals surface area contributed by atoms with Gasteiger partial charge in [0.05, 0.1) is 6.20 Å². The van der Waals surface area contributed by atoms with Crippen molar-refractivity contribution in [2.75, 3.05) is 7.05 Å². The van der Waals surface area contributed by atoms with Gasteiger partial charge in [-0.05, 0) is 11.6 Å². The van der Waals surface area contributed by atoms with Gasteiger partial charge in [-0.15, -0.1) is 0 Å². The Balaban J connectivity index is 2.31. The second-order valence-corrected chi connectivity index (χ2v) is 4.51. The number of amides is 1. The first-order chi connectivity index (χ1) is 9.41. The van der Waals surface area contributed by atoms with Crippen LogP contribution in [0.4, 0.5) is 13.2 Å². The van der Waals surface area contributed by atoms with E-state index in [0.29, 0.717) is 10.5 Å². The molecule has 104 valence electrons. The molecule has 1 aliphatic heterocycles. The second kappa shape index (κ2) is 4.09. The lowest BCUT2D eigenvalue weighted by molar-refractivity contribution is -0.180. The van der Waals surface area contributed by atoms with Gasteiger partial charge in [-0.2, -0.15) is 13.2 Å². The molecule has 4 nitrogen and oxygen atoms in total. The van der Waals surface area contributed by atoms with Gasteiger partial charge in [0.1, 0.15) is 0 Å². The third-order valence-electron chi connectivity index (χ3n) is 3.31. The van der Waals surface area contributed by atoms with Crippen molar-refractivity contribution in [3.05, 3.63) is 41.8 Å². The topological polar surface area (TPSA) is 46.3 Å². The molecule has 3 rings (SSSR count). The molecule has 7 heteroatoms. The highest BCUT2D eigenvalue weighted by Gasteiger charge is 2.50. The number of benzene rings is 1. The number of rotatable bonds is 0. The van der Waals surface area contributed by atoms with Crippen molar-refractivity contribution in [1.82, 2.24) is 10.1 Å². The minimum Gasteiger partial charge on any atom is -0.358 e. The molecular weight excluding hydrogens is 273 g/mol. The molecule has 1 unspecified atom stereocenters. The molecule has 0 radical (unpaired) electrons. The highest BCUT2D eigenvalue weighted by Crippen LogP contribution is 2.44. The Hall–Kier alpha value is -2.31. The molecule has 0 saturated heterocycles. The summed E-state index contributed by atoms with van der Waals surface area (Å²) in [7, 11) is 1.11. The van der Waals surface area contributed by atoms with Gasteiger partial charge in [0.25, 0.3) is 5.91 Å². The highest BCUT2D eigenvalue weighted by atomic mass is 19.4. The van der Waals surface area contributed by atoms with Crippen LogP contribution in [0, 0.1) is 0 Å². The van der Waals surface area contributed by atoms with Crippen LogP contribution in [0.15, 0.2) is 35.0 Å². The van der Waals surface area contributed by atoms with Crippen LogP contribution >= 0.6 is 0 Å². The number of hydrogen-bond donors (Lipinski definition) is 0. The molecule has 0 fully saturated rings. The Morgan fingerprint density at radius 2 is 1.85 bits per heavy atom. The maximum absolute atomic E-state index is 13.2. The average Bonchev–Trinajstić information content (AvgIpc) is 2.82. The van der Waals surface area contributed by atoms with E-state index in [0.717, 1.165) is 7.05 Å². The van der Waals surface area contributed by atoms with Crippen LogP contribution < -0.4 is 0 Å². The number of hydrogen-bond acceptors (Lipinski definition) is 3. The molecule has 2 aromatic rings. The third kappa shape index (κ3) is 1.70. The van der Waals surface area contributed by atoms with Crippen molar-refractivity contribution < 1.29 is 22.5 Å². The predicted molar refractivity (Wildman–Crippen MR) is 62.8 cm³/mol. The first-order valence-electron chi connectivity index (χ1n) is 5.79. The van der Waals surface area contributed by atoms with E-state index in [1.165, 1.54) is 12.3 Å². The molecule has 20 heavy (non-hydrogen) atoms. The monoisotopic (exact) mass is 282 g/mol. The number of nitrogens with zero attached hydrogens (tertiary/aromatic N) is 2. The first-order valence-corrected chi connectivity index (χ1v) is 5.79. The molecule has 1 amide bonds. The Kier molecular flexibility index (Phi) is 2.60. The fraction of sp³-hybridized carbons (Fsp3) is 0.231. The number of alkyl halides is 3. The van der Waals surface area contributed by atoms with E-state index in [4.69, 9.17) is 4.52 Å². The molecule has 1 aliphatic rings. The van der Waals surface area contributed by atoms with Crippen LogP contribution in [-0.4, -0.2) is 29.2 Å². The number of halogens is 3. The minimum absolute atomic E-state index is 0.195. The number of aromatic nitrogens is 1. The van der Waals surface area contributed by atoms with Gasteiger partial charge >= 0.3 is 6.18 Å². The third-order valence-corrected chi connectivity index (χ3v) is 3.31. The van der Waals surface area contributed by atoms with Crippen molar-refractivity contribution >= 4 is 5.91 Å². The van der Waals surface area contributed by atoms with Gasteiger partial charge in [0.15, 0.2) is 11.8 Å². The highest BCUT2D eigenvalue weighted by molar-refractivity contribution is 6.02. The van der Waals surface area contributed by atoms with Crippen molar-refractivity contribution in [2.24, 2.45) is 0 Å². The van der Waals surface area contributed by atoms with Crippen LogP contribution in [0.3, 0.4) is 0 Å². The van der Waals surface area contributed by atoms with E-state index in [-0.39, 0.29) is 16.9 Å². The largest absolute Gasteiger partial charge is 0.416 e. The van der Waals surface area contributed by atoms with Crippen LogP contribution in [-0.2, 0) is 0 Å². The van der Waals surface area contributed by atoms with Crippen molar-refractivity contribution in [3.63, 3.8) is 0 Å². The summed E-state index contributed by atoms with van der Waals surface area (Å²) in [6.07, 6.45) is -3.43. The number of carbonyl (C=O) groups is 1. The standard InChI is InChI=1S/C13H9F3N2O2/c1-18-11(13(14,15)16)10-9(6-17-20-10)7-4-2-3-5-8(7)12(18)19/h2-6,11H,1H3. The summed E-state index contributed by atoms with van der Waals surface area (Å²) in [6.45, 7) is 0. The van der Waals surface area contributed by atoms with E-state index in [1.807, 2.05) is 0 Å². The molecule has 0 bridgehead atoms. The lowest BCUT2D eigenvalue weighted by Crippen LogP contribution is -2.38. The van der Waals surface area contributed by atoms with E-state index in [2.05, 4.69) is 5.16 Å². The second-order valence-electron chi connectivity index (χ2n) is 4.51. The summed E-state index contributed by atoms with van der Waals surface area (Å²) < 4.78 is 44.5. The van der Waals surface area contributed by atoms with Crippen LogP contribution in [0.2, 0.25) is 0 Å². The number of carbonyl (C=O) groups excluding carboxylic acids is 1. The Morgan fingerprint density at radius 3 is 2.50 bits per heavy atom. The fourth-order valence-corrected chi connectivity index (χ4v) is 2.40. The normalized spacial score (nSPS) is 18.5. The van der Waals surface area contributed by atoms with E-state index < -0.39 is 18.1 Å². The quantitative estimate of drug-likeness (QED) is 0.746. The van der Waals surface area contributed by atoms with E-state index in [1.54, 1.807) is 18.2 Å². The average molecular weight is 282 g/mol. The Labute approximate surface area is 111 Å². The zero-order chi connectivity index (χ0) is 14.5. The van der Waals surface area contributed by atoms with Crippen LogP contribution in [0.25, 0.3) is 11.1 Å². The van der Waals surface area contributed by atoms with Crippen molar-refractivity contribution in [2.45, 2.75) is 12.2 Å². The maximum Gasteiger partial charge on any atom is 0.416 e. The molecule has 0 N–H and O–H groups in total. The van der Waals surface area contributed by atoms with E-state index >= 15 is 0 Å². The summed E-state index contributed by atoms with van der Waals surface area (Å²) in [5.41, 5.74) is 0.791. The molecule has 0 aliphatic carbocycles. The lowest BCUT2D eigenvalue weighted by atomic mass is 10.0. The molecule has 2 heterocycles. The summed E-state index contributed by atoms with van der Waals surface area (Å²) in [4.78, 5) is 12.9. The van der Waals surface area contributed by atoms with Gasteiger partial charge in [-0.1, -0.05) is 23.4 Å². The zero-order valence-electron chi connectivity index (χ0n) is 10.3. The van der Waals surface area contributed by atoms with Crippen molar-refractivity contribution in [3.8, 4) is 11.1 Å². The fourth-order valence-electron chi connectivity index (χ4n) is 2.40. The Morgan fingerprint density at radius 1 is 1.20 bits per heavy atom. The molecule has 1 aromatic heterocycles. The number of fused-ring (bicyclic) bond motifs is 3.